The molecule has 3 N–H and O–H groups in total. The molecule has 0 spiro atoms. The zero-order valence-electron chi connectivity index (χ0n) is 8.82. The second kappa shape index (κ2) is 3.86. The fourth-order valence-electron chi connectivity index (χ4n) is 1.27. The molecule has 2 aromatic rings. The first-order valence-electron chi connectivity index (χ1n) is 4.88. The second-order valence-electron chi connectivity index (χ2n) is 3.65. The number of aromatic amines is 1. The number of nitrogen functional groups attached to an aromatic ring is 1. The van der Waals surface area contributed by atoms with E-state index in [2.05, 4.69) is 15.0 Å². The van der Waals surface area contributed by atoms with Gasteiger partial charge in [-0.05, 0) is 26.0 Å². The van der Waals surface area contributed by atoms with Crippen molar-refractivity contribution in [3.63, 3.8) is 0 Å². The van der Waals surface area contributed by atoms with Crippen LogP contribution in [-0.4, -0.2) is 21.1 Å². The van der Waals surface area contributed by atoms with Crippen LogP contribution in [0, 0.1) is 0 Å². The third-order valence-electron chi connectivity index (χ3n) is 1.97. The van der Waals surface area contributed by atoms with E-state index in [1.54, 1.807) is 6.07 Å². The number of nitrogens with one attached hydrogen (secondary N) is 1. The maximum absolute atomic E-state index is 5.56. The molecule has 0 saturated carbocycles. The van der Waals surface area contributed by atoms with E-state index >= 15 is 0 Å². The molecule has 0 aliphatic carbocycles. The van der Waals surface area contributed by atoms with E-state index in [4.69, 9.17) is 10.5 Å². The van der Waals surface area contributed by atoms with E-state index in [0.29, 0.717) is 18.1 Å². The van der Waals surface area contributed by atoms with E-state index in [0.717, 1.165) is 11.3 Å². The number of aromatic nitrogens is 3. The minimum Gasteiger partial charge on any atom is -0.384 e. The largest absolute Gasteiger partial charge is 0.384 e. The van der Waals surface area contributed by atoms with Gasteiger partial charge in [0.2, 0.25) is 0 Å². The Morgan fingerprint density at radius 3 is 2.93 bits per heavy atom. The Morgan fingerprint density at radius 2 is 2.20 bits per heavy atom. The molecule has 2 aromatic heterocycles. The smallest absolute Gasteiger partial charge is 0.179 e. The molecule has 0 fully saturated rings. The lowest BCUT2D eigenvalue weighted by Gasteiger charge is -2.03. The van der Waals surface area contributed by atoms with Gasteiger partial charge >= 0.3 is 0 Å². The normalized spacial score (nSPS) is 11.4. The molecule has 0 aromatic carbocycles. The number of H-pyrrole nitrogens is 1. The lowest BCUT2D eigenvalue weighted by atomic mass is 10.4. The molecule has 0 atom stereocenters. The van der Waals surface area contributed by atoms with Crippen LogP contribution in [-0.2, 0) is 11.3 Å². The number of rotatable bonds is 3. The van der Waals surface area contributed by atoms with Crippen molar-refractivity contribution in [2.45, 2.75) is 26.6 Å². The van der Waals surface area contributed by atoms with Gasteiger partial charge in [0.05, 0.1) is 11.6 Å². The van der Waals surface area contributed by atoms with Gasteiger partial charge < -0.3 is 15.5 Å². The molecule has 0 bridgehead atoms. The molecule has 0 unspecified atom stereocenters. The molecule has 0 saturated heterocycles. The van der Waals surface area contributed by atoms with E-state index in [-0.39, 0.29) is 6.10 Å². The molecule has 15 heavy (non-hydrogen) atoms. The molecule has 0 aliphatic heterocycles. The molecule has 0 amide bonds. The fraction of sp³-hybridized carbons (Fsp3) is 0.400. The Balaban J connectivity index is 2.23. The highest BCUT2D eigenvalue weighted by atomic mass is 16.5. The summed E-state index contributed by atoms with van der Waals surface area (Å²) in [6, 6.07) is 3.61. The molecular formula is C10H14N4O. The van der Waals surface area contributed by atoms with Gasteiger partial charge in [-0.3, -0.25) is 0 Å². The summed E-state index contributed by atoms with van der Waals surface area (Å²) in [5, 5.41) is 0. The van der Waals surface area contributed by atoms with Crippen molar-refractivity contribution in [2.24, 2.45) is 0 Å². The summed E-state index contributed by atoms with van der Waals surface area (Å²) in [6.07, 6.45) is 0.191. The first-order valence-corrected chi connectivity index (χ1v) is 4.88. The van der Waals surface area contributed by atoms with Crippen LogP contribution in [0.15, 0.2) is 12.1 Å². The van der Waals surface area contributed by atoms with Crippen molar-refractivity contribution in [3.8, 4) is 0 Å². The molecule has 0 aliphatic rings. The summed E-state index contributed by atoms with van der Waals surface area (Å²) in [4.78, 5) is 11.5. The van der Waals surface area contributed by atoms with Crippen molar-refractivity contribution >= 4 is 17.0 Å². The van der Waals surface area contributed by atoms with Crippen molar-refractivity contribution in [2.75, 3.05) is 5.73 Å². The Bertz CT molecular complexity index is 463. The van der Waals surface area contributed by atoms with Crippen molar-refractivity contribution in [3.05, 3.63) is 18.0 Å². The number of hydrogen-bond donors (Lipinski definition) is 2. The average molecular weight is 206 g/mol. The fourth-order valence-corrected chi connectivity index (χ4v) is 1.27. The second-order valence-corrected chi connectivity index (χ2v) is 3.65. The first kappa shape index (κ1) is 9.92. The van der Waals surface area contributed by atoms with Gasteiger partial charge in [-0.25, -0.2) is 9.97 Å². The maximum atomic E-state index is 5.56. The van der Waals surface area contributed by atoms with Crippen LogP contribution < -0.4 is 5.73 Å². The van der Waals surface area contributed by atoms with Crippen LogP contribution in [0.3, 0.4) is 0 Å². The Kier molecular flexibility index (Phi) is 2.55. The van der Waals surface area contributed by atoms with Crippen LogP contribution in [0.2, 0.25) is 0 Å². The number of ether oxygens (including phenoxy) is 1. The van der Waals surface area contributed by atoms with Crippen LogP contribution in [0.25, 0.3) is 11.2 Å². The summed E-state index contributed by atoms with van der Waals surface area (Å²) in [5.41, 5.74) is 7.08. The van der Waals surface area contributed by atoms with E-state index < -0.39 is 0 Å². The van der Waals surface area contributed by atoms with Crippen molar-refractivity contribution < 1.29 is 4.74 Å². The number of pyridine rings is 1. The van der Waals surface area contributed by atoms with Gasteiger partial charge in [-0.2, -0.15) is 0 Å². The molecular weight excluding hydrogens is 192 g/mol. The van der Waals surface area contributed by atoms with Gasteiger partial charge in [0.25, 0.3) is 0 Å². The molecule has 2 heterocycles. The zero-order valence-corrected chi connectivity index (χ0v) is 8.82. The molecule has 0 radical (unpaired) electrons. The Morgan fingerprint density at radius 1 is 1.40 bits per heavy atom. The van der Waals surface area contributed by atoms with E-state index in [1.807, 2.05) is 19.9 Å². The minimum absolute atomic E-state index is 0.191. The van der Waals surface area contributed by atoms with Gasteiger partial charge in [-0.1, -0.05) is 0 Å². The summed E-state index contributed by atoms with van der Waals surface area (Å²) in [6.45, 7) is 4.44. The third-order valence-corrected chi connectivity index (χ3v) is 1.97. The highest BCUT2D eigenvalue weighted by Gasteiger charge is 2.04. The SMILES string of the molecule is CC(C)OCc1nc2nc(N)ccc2[nH]1. The lowest BCUT2D eigenvalue weighted by molar-refractivity contribution is 0.0618. The monoisotopic (exact) mass is 206 g/mol. The predicted molar refractivity (Wildman–Crippen MR) is 58.2 cm³/mol. The predicted octanol–water partition coefficient (Wildman–Crippen LogP) is 1.47. The van der Waals surface area contributed by atoms with Gasteiger partial charge in [0.1, 0.15) is 18.2 Å². The van der Waals surface area contributed by atoms with E-state index in [1.165, 1.54) is 0 Å². The quantitative estimate of drug-likeness (QED) is 0.797. The van der Waals surface area contributed by atoms with Crippen LogP contribution in [0.1, 0.15) is 19.7 Å². The lowest BCUT2D eigenvalue weighted by Crippen LogP contribution is -2.03. The molecule has 5 nitrogen and oxygen atoms in total. The van der Waals surface area contributed by atoms with E-state index in [9.17, 15) is 0 Å². The van der Waals surface area contributed by atoms with Gasteiger partial charge in [0, 0.05) is 0 Å². The van der Waals surface area contributed by atoms with Gasteiger partial charge in [0.15, 0.2) is 5.65 Å². The minimum atomic E-state index is 0.191. The summed E-state index contributed by atoms with van der Waals surface area (Å²) in [7, 11) is 0. The van der Waals surface area contributed by atoms with Crippen LogP contribution in [0.5, 0.6) is 0 Å². The van der Waals surface area contributed by atoms with Crippen LogP contribution >= 0.6 is 0 Å². The number of fused-ring (bicyclic) bond motifs is 1. The highest BCUT2D eigenvalue weighted by molar-refractivity contribution is 5.72. The average Bonchev–Trinajstić information content (AvgIpc) is 2.56. The topological polar surface area (TPSA) is 76.8 Å². The number of nitrogens with zero attached hydrogens (tertiary/aromatic N) is 2. The number of anilines is 1. The standard InChI is InChI=1S/C10H14N4O/c1-6(2)15-5-9-12-7-3-4-8(11)13-10(7)14-9/h3-4,6H,5H2,1-2H3,(H3,11,12,13,14). The highest BCUT2D eigenvalue weighted by Crippen LogP contribution is 2.11. The maximum Gasteiger partial charge on any atom is 0.179 e. The number of imidazole rings is 1. The Hall–Kier alpha value is -1.62. The zero-order chi connectivity index (χ0) is 10.8. The summed E-state index contributed by atoms with van der Waals surface area (Å²) in [5.74, 6) is 1.25. The number of nitrogens with two attached hydrogens (primary N) is 1. The van der Waals surface area contributed by atoms with Crippen LogP contribution in [0.4, 0.5) is 5.82 Å². The van der Waals surface area contributed by atoms with Gasteiger partial charge in [-0.15, -0.1) is 0 Å². The molecule has 5 heteroatoms. The summed E-state index contributed by atoms with van der Waals surface area (Å²) >= 11 is 0. The molecule has 80 valence electrons. The first-order chi connectivity index (χ1) is 7.15. The van der Waals surface area contributed by atoms with Crippen molar-refractivity contribution in [1.82, 2.24) is 15.0 Å². The third kappa shape index (κ3) is 2.24. The molecule has 2 rings (SSSR count). The van der Waals surface area contributed by atoms with Crippen molar-refractivity contribution in [1.29, 1.82) is 0 Å². The number of hydrogen-bond acceptors (Lipinski definition) is 4. The Labute approximate surface area is 87.7 Å². The summed E-state index contributed by atoms with van der Waals surface area (Å²) < 4.78 is 5.43.